The van der Waals surface area contributed by atoms with Crippen molar-refractivity contribution in [3.8, 4) is 11.5 Å². The number of hydrogen-bond donors (Lipinski definition) is 3. The minimum atomic E-state index is -1.19. The van der Waals surface area contributed by atoms with Gasteiger partial charge in [-0.1, -0.05) is 0 Å². The normalized spacial score (nSPS) is 12.1. The summed E-state index contributed by atoms with van der Waals surface area (Å²) in [5.74, 6) is -0.860. The van der Waals surface area contributed by atoms with Crippen molar-refractivity contribution >= 4 is 5.97 Å². The zero-order valence-electron chi connectivity index (χ0n) is 8.17. The molecule has 0 bridgehead atoms. The standard InChI is InChI=1S/C10H12O5/c1-15-10(14)5-9(13)7-4-6(11)2-3-8(7)12/h2-4,9,11-13H,5H2,1H3. The van der Waals surface area contributed by atoms with E-state index < -0.39 is 12.1 Å². The summed E-state index contributed by atoms with van der Waals surface area (Å²) in [6.45, 7) is 0. The van der Waals surface area contributed by atoms with Gasteiger partial charge in [0, 0.05) is 5.56 Å². The van der Waals surface area contributed by atoms with Crippen LogP contribution in [0.1, 0.15) is 18.1 Å². The van der Waals surface area contributed by atoms with Crippen LogP contribution in [-0.4, -0.2) is 28.4 Å². The van der Waals surface area contributed by atoms with Gasteiger partial charge in [0.15, 0.2) is 0 Å². The monoisotopic (exact) mass is 212 g/mol. The quantitative estimate of drug-likeness (QED) is 0.507. The van der Waals surface area contributed by atoms with Gasteiger partial charge in [-0.2, -0.15) is 0 Å². The van der Waals surface area contributed by atoms with E-state index in [1.54, 1.807) is 0 Å². The molecular weight excluding hydrogens is 200 g/mol. The zero-order chi connectivity index (χ0) is 11.4. The van der Waals surface area contributed by atoms with Gasteiger partial charge in [0.2, 0.25) is 0 Å². The largest absolute Gasteiger partial charge is 0.508 e. The number of carbonyl (C=O) groups is 1. The lowest BCUT2D eigenvalue weighted by molar-refractivity contribution is -0.142. The number of ether oxygens (including phenoxy) is 1. The van der Waals surface area contributed by atoms with Gasteiger partial charge in [0.05, 0.1) is 19.6 Å². The van der Waals surface area contributed by atoms with Crippen molar-refractivity contribution in [1.82, 2.24) is 0 Å². The van der Waals surface area contributed by atoms with Crippen LogP contribution < -0.4 is 0 Å². The van der Waals surface area contributed by atoms with E-state index in [1.807, 2.05) is 0 Å². The van der Waals surface area contributed by atoms with E-state index >= 15 is 0 Å². The second kappa shape index (κ2) is 4.65. The first-order valence-electron chi connectivity index (χ1n) is 4.31. The number of aliphatic hydroxyl groups excluding tert-OH is 1. The maximum absolute atomic E-state index is 10.9. The zero-order valence-corrected chi connectivity index (χ0v) is 8.17. The van der Waals surface area contributed by atoms with Crippen molar-refractivity contribution in [2.45, 2.75) is 12.5 Å². The van der Waals surface area contributed by atoms with Crippen molar-refractivity contribution in [2.75, 3.05) is 7.11 Å². The number of benzene rings is 1. The molecule has 0 saturated heterocycles. The Morgan fingerprint density at radius 3 is 2.73 bits per heavy atom. The van der Waals surface area contributed by atoms with Crippen LogP contribution in [0.25, 0.3) is 0 Å². The van der Waals surface area contributed by atoms with E-state index in [0.717, 1.165) is 0 Å². The summed E-state index contributed by atoms with van der Waals surface area (Å²) in [5, 5.41) is 28.1. The van der Waals surface area contributed by atoms with Crippen LogP contribution in [-0.2, 0) is 9.53 Å². The fourth-order valence-electron chi connectivity index (χ4n) is 1.16. The molecule has 5 heteroatoms. The predicted octanol–water partition coefficient (Wildman–Crippen LogP) is 0.694. The van der Waals surface area contributed by atoms with Crippen LogP contribution in [0.3, 0.4) is 0 Å². The minimum Gasteiger partial charge on any atom is -0.508 e. The fourth-order valence-corrected chi connectivity index (χ4v) is 1.16. The molecule has 0 aliphatic rings. The average Bonchev–Trinajstić information content (AvgIpc) is 2.21. The van der Waals surface area contributed by atoms with E-state index in [9.17, 15) is 15.0 Å². The Hall–Kier alpha value is -1.75. The highest BCUT2D eigenvalue weighted by Crippen LogP contribution is 2.29. The fraction of sp³-hybridized carbons (Fsp3) is 0.300. The Bertz CT molecular complexity index is 361. The average molecular weight is 212 g/mol. The molecule has 0 aliphatic carbocycles. The predicted molar refractivity (Wildman–Crippen MR) is 51.4 cm³/mol. The number of phenols is 2. The molecule has 1 rings (SSSR count). The van der Waals surface area contributed by atoms with Crippen LogP contribution in [0, 0.1) is 0 Å². The smallest absolute Gasteiger partial charge is 0.308 e. The third-order valence-electron chi connectivity index (χ3n) is 1.96. The first-order valence-corrected chi connectivity index (χ1v) is 4.31. The van der Waals surface area contributed by atoms with Crippen LogP contribution in [0.5, 0.6) is 11.5 Å². The lowest BCUT2D eigenvalue weighted by Gasteiger charge is -2.11. The minimum absolute atomic E-state index is 0.0910. The van der Waals surface area contributed by atoms with Gasteiger partial charge >= 0.3 is 5.97 Å². The van der Waals surface area contributed by atoms with Crippen LogP contribution in [0.4, 0.5) is 0 Å². The van der Waals surface area contributed by atoms with Crippen molar-refractivity contribution < 1.29 is 24.9 Å². The second-order valence-electron chi connectivity index (χ2n) is 3.04. The molecule has 5 nitrogen and oxygen atoms in total. The SMILES string of the molecule is COC(=O)CC(O)c1cc(O)ccc1O. The van der Waals surface area contributed by atoms with Gasteiger partial charge in [0.25, 0.3) is 0 Å². The van der Waals surface area contributed by atoms with E-state index in [-0.39, 0.29) is 23.5 Å². The van der Waals surface area contributed by atoms with E-state index in [4.69, 9.17) is 5.11 Å². The molecule has 0 aromatic heterocycles. The first-order chi connectivity index (χ1) is 7.04. The molecule has 1 aromatic rings. The molecule has 0 saturated carbocycles. The number of methoxy groups -OCH3 is 1. The highest BCUT2D eigenvalue weighted by Gasteiger charge is 2.17. The van der Waals surface area contributed by atoms with Crippen molar-refractivity contribution in [1.29, 1.82) is 0 Å². The molecule has 82 valence electrons. The number of hydrogen-bond acceptors (Lipinski definition) is 5. The summed E-state index contributed by atoms with van der Waals surface area (Å²) in [7, 11) is 1.21. The van der Waals surface area contributed by atoms with Crippen LogP contribution in [0.2, 0.25) is 0 Å². The maximum atomic E-state index is 10.9. The molecule has 0 amide bonds. The Morgan fingerprint density at radius 2 is 2.13 bits per heavy atom. The summed E-state index contributed by atoms with van der Waals surface area (Å²) in [4.78, 5) is 10.9. The van der Waals surface area contributed by atoms with Crippen molar-refractivity contribution in [3.63, 3.8) is 0 Å². The van der Waals surface area contributed by atoms with Gasteiger partial charge in [-0.3, -0.25) is 4.79 Å². The lowest BCUT2D eigenvalue weighted by Crippen LogP contribution is -2.08. The second-order valence-corrected chi connectivity index (χ2v) is 3.04. The van der Waals surface area contributed by atoms with Crippen LogP contribution in [0.15, 0.2) is 18.2 Å². The van der Waals surface area contributed by atoms with Gasteiger partial charge in [-0.25, -0.2) is 0 Å². The lowest BCUT2D eigenvalue weighted by atomic mass is 10.1. The first kappa shape index (κ1) is 11.3. The molecule has 1 unspecified atom stereocenters. The molecule has 1 aromatic carbocycles. The van der Waals surface area contributed by atoms with Gasteiger partial charge in [-0.15, -0.1) is 0 Å². The highest BCUT2D eigenvalue weighted by molar-refractivity contribution is 5.70. The molecule has 1 atom stereocenters. The number of aliphatic hydroxyl groups is 1. The van der Waals surface area contributed by atoms with Gasteiger partial charge < -0.3 is 20.1 Å². The summed E-state index contributed by atoms with van der Waals surface area (Å²) >= 11 is 0. The number of phenolic OH excluding ortho intramolecular Hbond substituents is 2. The third-order valence-corrected chi connectivity index (χ3v) is 1.96. The number of aromatic hydroxyl groups is 2. The summed E-state index contributed by atoms with van der Waals surface area (Å²) in [6.07, 6.45) is -1.46. The summed E-state index contributed by atoms with van der Waals surface area (Å²) in [5.41, 5.74) is 0.0976. The molecule has 0 heterocycles. The Labute approximate surface area is 86.5 Å². The number of rotatable bonds is 3. The molecule has 0 radical (unpaired) electrons. The Morgan fingerprint density at radius 1 is 1.47 bits per heavy atom. The topological polar surface area (TPSA) is 87.0 Å². The van der Waals surface area contributed by atoms with E-state index in [2.05, 4.69) is 4.74 Å². The molecule has 15 heavy (non-hydrogen) atoms. The molecule has 0 fully saturated rings. The number of esters is 1. The van der Waals surface area contributed by atoms with E-state index in [1.165, 1.54) is 25.3 Å². The molecule has 3 N–H and O–H groups in total. The van der Waals surface area contributed by atoms with Gasteiger partial charge in [-0.05, 0) is 18.2 Å². The third kappa shape index (κ3) is 2.85. The Kier molecular flexibility index (Phi) is 3.51. The van der Waals surface area contributed by atoms with Crippen molar-refractivity contribution in [2.24, 2.45) is 0 Å². The highest BCUT2D eigenvalue weighted by atomic mass is 16.5. The Balaban J connectivity index is 2.85. The number of carbonyl (C=O) groups excluding carboxylic acids is 1. The summed E-state index contributed by atoms with van der Waals surface area (Å²) < 4.78 is 4.37. The van der Waals surface area contributed by atoms with Crippen LogP contribution >= 0.6 is 0 Å². The van der Waals surface area contributed by atoms with Crippen molar-refractivity contribution in [3.05, 3.63) is 23.8 Å². The maximum Gasteiger partial charge on any atom is 0.308 e. The molecule has 0 aliphatic heterocycles. The molecular formula is C10H12O5. The van der Waals surface area contributed by atoms with E-state index in [0.29, 0.717) is 0 Å². The molecule has 0 spiro atoms. The summed E-state index contributed by atoms with van der Waals surface area (Å²) in [6, 6.07) is 3.72. The van der Waals surface area contributed by atoms with Gasteiger partial charge in [0.1, 0.15) is 11.5 Å².